The summed E-state index contributed by atoms with van der Waals surface area (Å²) in [5.41, 5.74) is 12.8. The van der Waals surface area contributed by atoms with E-state index in [1.807, 2.05) is 0 Å². The Kier molecular flexibility index (Phi) is 15.5. The first kappa shape index (κ1) is 39.7. The molecule has 5 amide bonds. The highest BCUT2D eigenvalue weighted by atomic mass is 35.5. The van der Waals surface area contributed by atoms with Gasteiger partial charge in [-0.25, -0.2) is 0 Å². The molecule has 5 atom stereocenters. The molecule has 1 aliphatic heterocycles. The number of carbonyl (C=O) groups is 5. The van der Waals surface area contributed by atoms with Crippen molar-refractivity contribution in [3.63, 3.8) is 0 Å². The number of phenolic OH excluding ortho intramolecular Hbond substituents is 1. The van der Waals surface area contributed by atoms with Gasteiger partial charge >= 0.3 is 0 Å². The van der Waals surface area contributed by atoms with Gasteiger partial charge in [0.05, 0.1) is 23.6 Å². The van der Waals surface area contributed by atoms with Crippen LogP contribution in [0, 0.1) is 10.1 Å². The standard InChI is InChI=1S/C30H39N7O9S.ClH/c1-47(46)14-12-22(31)28(41)35-29(42)25-3-2-13-36(25)30(43)24(16-19-4-8-20(9-5-19)37(44)45)34-26(39)17-33-27(40)23(32)15-18-6-10-21(38)11-7-18;/h4-11,22-25,38H,2-3,12-17,31-32H2,1H3,(H,33,40)(H,34,39)(H,35,41,42);1H/t22?,23-,24-,25-,47?;/m0./s1. The summed E-state index contributed by atoms with van der Waals surface area (Å²) in [5.74, 6) is -3.28. The van der Waals surface area contributed by atoms with Crippen LogP contribution >= 0.6 is 12.4 Å². The van der Waals surface area contributed by atoms with Gasteiger partial charge in [0, 0.05) is 47.9 Å². The Bertz CT molecular complexity index is 1490. The Labute approximate surface area is 285 Å². The van der Waals surface area contributed by atoms with Crippen LogP contribution < -0.4 is 27.4 Å². The Morgan fingerprint density at radius 3 is 2.21 bits per heavy atom. The minimum Gasteiger partial charge on any atom is -0.508 e. The van der Waals surface area contributed by atoms with Crippen LogP contribution in [-0.2, 0) is 47.6 Å². The van der Waals surface area contributed by atoms with E-state index < -0.39 is 76.0 Å². The van der Waals surface area contributed by atoms with Gasteiger partial charge in [-0.3, -0.25) is 43.6 Å². The number of nitrogens with zero attached hydrogens (tertiary/aromatic N) is 2. The lowest BCUT2D eigenvalue weighted by molar-refractivity contribution is -0.384. The summed E-state index contributed by atoms with van der Waals surface area (Å²) in [6.45, 7) is -0.369. The molecule has 1 aliphatic rings. The highest BCUT2D eigenvalue weighted by Crippen LogP contribution is 2.21. The molecule has 1 saturated heterocycles. The zero-order chi connectivity index (χ0) is 34.7. The summed E-state index contributed by atoms with van der Waals surface area (Å²) in [4.78, 5) is 76.6. The number of aromatic hydroxyl groups is 1. The maximum atomic E-state index is 13.8. The van der Waals surface area contributed by atoms with E-state index in [0.717, 1.165) is 0 Å². The summed E-state index contributed by atoms with van der Waals surface area (Å²) in [6.07, 6.45) is 2.28. The van der Waals surface area contributed by atoms with Gasteiger partial charge in [0.1, 0.15) is 17.8 Å². The third-order valence-corrected chi connectivity index (χ3v) is 8.32. The molecule has 0 aliphatic carbocycles. The summed E-state index contributed by atoms with van der Waals surface area (Å²) >= 11 is 0. The van der Waals surface area contributed by atoms with E-state index in [9.17, 15) is 43.4 Å². The second-order valence-corrected chi connectivity index (χ2v) is 12.7. The summed E-state index contributed by atoms with van der Waals surface area (Å²) in [5, 5.41) is 27.7. The van der Waals surface area contributed by atoms with Gasteiger partial charge in [0.15, 0.2) is 0 Å². The number of halogens is 1. The molecule has 0 bridgehead atoms. The SMILES string of the molecule is CS(=O)CCC(N)C(=O)NC(=O)[C@@H]1CCCN1C(=O)[C@H](Cc1ccc([N+](=O)[O-])cc1)NC(=O)CNC(=O)[C@@H](N)Cc1ccc(O)cc1.Cl. The zero-order valence-corrected chi connectivity index (χ0v) is 27.8. The molecule has 18 heteroatoms. The fourth-order valence-electron chi connectivity index (χ4n) is 4.94. The molecule has 262 valence electrons. The van der Waals surface area contributed by atoms with Crippen molar-refractivity contribution in [1.29, 1.82) is 0 Å². The number of hydrogen-bond donors (Lipinski definition) is 6. The number of nitro groups is 1. The molecule has 3 rings (SSSR count). The molecule has 1 fully saturated rings. The number of hydrogen-bond acceptors (Lipinski definition) is 11. The van der Waals surface area contributed by atoms with Gasteiger partial charge in [-0.05, 0) is 48.9 Å². The molecule has 0 saturated carbocycles. The van der Waals surface area contributed by atoms with E-state index in [4.69, 9.17) is 11.5 Å². The average molecular weight is 710 g/mol. The van der Waals surface area contributed by atoms with Crippen LogP contribution in [0.1, 0.15) is 30.4 Å². The number of amides is 5. The van der Waals surface area contributed by atoms with E-state index in [1.165, 1.54) is 47.6 Å². The second kappa shape index (κ2) is 18.8. The molecule has 0 aromatic heterocycles. The molecule has 2 aromatic rings. The lowest BCUT2D eigenvalue weighted by Gasteiger charge is -2.29. The maximum absolute atomic E-state index is 13.8. The van der Waals surface area contributed by atoms with E-state index >= 15 is 0 Å². The normalized spacial score (nSPS) is 16.4. The Hall–Kier alpha value is -4.45. The molecular weight excluding hydrogens is 670 g/mol. The number of nitrogens with one attached hydrogen (secondary N) is 3. The smallest absolute Gasteiger partial charge is 0.269 e. The van der Waals surface area contributed by atoms with Crippen molar-refractivity contribution < 1.29 is 38.2 Å². The van der Waals surface area contributed by atoms with Crippen molar-refractivity contribution in [2.45, 2.75) is 56.3 Å². The van der Waals surface area contributed by atoms with Crippen molar-refractivity contribution in [3.05, 3.63) is 69.8 Å². The third-order valence-electron chi connectivity index (χ3n) is 7.51. The molecule has 0 radical (unpaired) electrons. The molecule has 1 heterocycles. The van der Waals surface area contributed by atoms with Gasteiger partial charge in [-0.15, -0.1) is 12.4 Å². The van der Waals surface area contributed by atoms with Gasteiger partial charge in [-0.1, -0.05) is 24.3 Å². The Morgan fingerprint density at radius 2 is 1.60 bits per heavy atom. The van der Waals surface area contributed by atoms with Crippen molar-refractivity contribution in [2.24, 2.45) is 11.5 Å². The number of rotatable bonds is 15. The highest BCUT2D eigenvalue weighted by Gasteiger charge is 2.38. The minimum absolute atomic E-state index is 0. The van der Waals surface area contributed by atoms with Crippen LogP contribution in [0.5, 0.6) is 5.75 Å². The van der Waals surface area contributed by atoms with E-state index in [-0.39, 0.29) is 61.8 Å². The average Bonchev–Trinajstić information content (AvgIpc) is 3.53. The number of non-ortho nitro benzene ring substituents is 1. The van der Waals surface area contributed by atoms with Crippen molar-refractivity contribution in [2.75, 3.05) is 25.1 Å². The Morgan fingerprint density at radius 1 is 1.00 bits per heavy atom. The largest absolute Gasteiger partial charge is 0.508 e. The second-order valence-electron chi connectivity index (χ2n) is 11.2. The Balaban J connectivity index is 0.00000800. The van der Waals surface area contributed by atoms with Crippen molar-refractivity contribution in [3.8, 4) is 5.75 Å². The molecule has 2 unspecified atom stereocenters. The first-order chi connectivity index (χ1) is 22.2. The van der Waals surface area contributed by atoms with Crippen LogP contribution in [0.15, 0.2) is 48.5 Å². The number of nitrogens with two attached hydrogens (primary N) is 2. The van der Waals surface area contributed by atoms with Gasteiger partial charge in [0.2, 0.25) is 29.5 Å². The lowest BCUT2D eigenvalue weighted by Crippen LogP contribution is -2.57. The van der Waals surface area contributed by atoms with Crippen LogP contribution in [0.3, 0.4) is 0 Å². The highest BCUT2D eigenvalue weighted by molar-refractivity contribution is 7.84. The van der Waals surface area contributed by atoms with Crippen LogP contribution in [0.25, 0.3) is 0 Å². The predicted molar refractivity (Wildman–Crippen MR) is 178 cm³/mol. The molecule has 16 nitrogen and oxygen atoms in total. The molecule has 2 aromatic carbocycles. The van der Waals surface area contributed by atoms with Crippen molar-refractivity contribution in [1.82, 2.24) is 20.9 Å². The third kappa shape index (κ3) is 12.0. The monoisotopic (exact) mass is 709 g/mol. The van der Waals surface area contributed by atoms with Gasteiger partial charge in [-0.2, -0.15) is 0 Å². The van der Waals surface area contributed by atoms with E-state index in [0.29, 0.717) is 17.5 Å². The first-order valence-electron chi connectivity index (χ1n) is 14.8. The maximum Gasteiger partial charge on any atom is 0.269 e. The number of benzene rings is 2. The quantitative estimate of drug-likeness (QED) is 0.0982. The van der Waals surface area contributed by atoms with E-state index in [2.05, 4.69) is 16.0 Å². The summed E-state index contributed by atoms with van der Waals surface area (Å²) in [7, 11) is -1.18. The van der Waals surface area contributed by atoms with Crippen LogP contribution in [-0.4, -0.2) is 97.9 Å². The topological polar surface area (TPSA) is 257 Å². The predicted octanol–water partition coefficient (Wildman–Crippen LogP) is -0.835. The van der Waals surface area contributed by atoms with Crippen molar-refractivity contribution >= 4 is 58.4 Å². The van der Waals surface area contributed by atoms with Crippen LogP contribution in [0.4, 0.5) is 5.69 Å². The molecular formula is C30H40ClN7O9S. The number of imide groups is 1. The fraction of sp³-hybridized carbons (Fsp3) is 0.433. The van der Waals surface area contributed by atoms with Gasteiger partial charge < -0.3 is 32.1 Å². The van der Waals surface area contributed by atoms with E-state index in [1.54, 1.807) is 12.1 Å². The first-order valence-corrected chi connectivity index (χ1v) is 16.5. The number of phenols is 1. The summed E-state index contributed by atoms with van der Waals surface area (Å²) in [6, 6.07) is 7.14. The molecule has 0 spiro atoms. The number of carbonyl (C=O) groups excluding carboxylic acids is 5. The summed E-state index contributed by atoms with van der Waals surface area (Å²) < 4.78 is 11.3. The number of likely N-dealkylation sites (tertiary alicyclic amines) is 1. The minimum atomic E-state index is -1.24. The molecule has 8 N–H and O–H groups in total. The van der Waals surface area contributed by atoms with Crippen LogP contribution in [0.2, 0.25) is 0 Å². The zero-order valence-electron chi connectivity index (χ0n) is 26.2. The lowest BCUT2D eigenvalue weighted by atomic mass is 10.0. The number of nitro benzene ring substituents is 1. The van der Waals surface area contributed by atoms with Gasteiger partial charge in [0.25, 0.3) is 5.69 Å². The fourth-order valence-corrected chi connectivity index (χ4v) is 5.52. The molecule has 48 heavy (non-hydrogen) atoms.